The second-order valence-corrected chi connectivity index (χ2v) is 7.60. The van der Waals surface area contributed by atoms with Gasteiger partial charge in [0.1, 0.15) is 5.71 Å². The number of hydrogen-bond acceptors (Lipinski definition) is 9. The average Bonchev–Trinajstić information content (AvgIpc) is 3.61. The van der Waals surface area contributed by atoms with E-state index in [0.717, 1.165) is 31.2 Å². The van der Waals surface area contributed by atoms with E-state index in [9.17, 15) is 9.90 Å². The maximum absolute atomic E-state index is 11.9. The largest absolute Gasteiger partial charge is 0.355 e. The molecule has 2 aromatic rings. The van der Waals surface area contributed by atoms with Crippen LogP contribution >= 0.6 is 0 Å². The van der Waals surface area contributed by atoms with Crippen molar-refractivity contribution in [2.45, 2.75) is 57.0 Å². The molecular weight excluding hydrogens is 374 g/mol. The lowest BCUT2D eigenvalue weighted by Gasteiger charge is -2.22. The van der Waals surface area contributed by atoms with Gasteiger partial charge in [-0.1, -0.05) is 0 Å². The molecule has 0 radical (unpaired) electrons. The third-order valence-corrected chi connectivity index (χ3v) is 5.21. The van der Waals surface area contributed by atoms with Gasteiger partial charge in [0.25, 0.3) is 5.91 Å². The van der Waals surface area contributed by atoms with Crippen molar-refractivity contribution in [1.29, 1.82) is 5.26 Å². The summed E-state index contributed by atoms with van der Waals surface area (Å²) in [5.41, 5.74) is 1.57. The molecule has 5 rings (SSSR count). The number of nitriles is 1. The lowest BCUT2D eigenvalue weighted by Crippen LogP contribution is -2.30. The van der Waals surface area contributed by atoms with E-state index in [1.54, 1.807) is 10.7 Å². The summed E-state index contributed by atoms with van der Waals surface area (Å²) < 4.78 is 1.65. The topological polar surface area (TPSA) is 144 Å². The molecule has 2 aromatic heterocycles. The predicted octanol–water partition coefficient (Wildman–Crippen LogP) is -0.0297. The van der Waals surface area contributed by atoms with Gasteiger partial charge in [-0.3, -0.25) is 4.79 Å². The van der Waals surface area contributed by atoms with Gasteiger partial charge in [-0.05, 0) is 25.7 Å². The number of nitrogens with one attached hydrogen (secondary N) is 2. The minimum atomic E-state index is -1.20. The van der Waals surface area contributed by atoms with Crippen LogP contribution in [-0.4, -0.2) is 61.3 Å². The highest BCUT2D eigenvalue weighted by Gasteiger charge is 2.32. The normalized spacial score (nSPS) is 21.0. The Kier molecular flexibility index (Phi) is 4.28. The highest BCUT2D eigenvalue weighted by molar-refractivity contribution is 6.40. The van der Waals surface area contributed by atoms with E-state index < -0.39 is 12.3 Å². The van der Waals surface area contributed by atoms with Crippen LogP contribution in [0.3, 0.4) is 0 Å². The maximum Gasteiger partial charge on any atom is 0.269 e. The number of hydrogen-bond donors (Lipinski definition) is 3. The lowest BCUT2D eigenvalue weighted by molar-refractivity contribution is -0.116. The van der Waals surface area contributed by atoms with Gasteiger partial charge in [-0.2, -0.15) is 24.8 Å². The van der Waals surface area contributed by atoms with Gasteiger partial charge >= 0.3 is 0 Å². The number of fused-ring (bicyclic) bond motifs is 1. The molecule has 1 atom stereocenters. The standard InChI is InChI=1S/C18H21N9O2/c19-6-1-7-26(12-4-5-12)16-23-14-10(8-13-15(28)24-18(29)22-13)9-20-27(14)17(25-16)21-11-2-3-11/h9,11-12,18,29H,1-5,7-8H2,(H,24,28)(H,21,23,25). The molecule has 29 heavy (non-hydrogen) atoms. The van der Waals surface area contributed by atoms with Crippen LogP contribution in [-0.2, 0) is 11.2 Å². The number of carbonyl (C=O) groups excluding carboxylic acids is 1. The minimum absolute atomic E-state index is 0.216. The van der Waals surface area contributed by atoms with E-state index in [-0.39, 0.29) is 12.1 Å². The van der Waals surface area contributed by atoms with E-state index in [0.29, 0.717) is 42.6 Å². The van der Waals surface area contributed by atoms with E-state index in [4.69, 9.17) is 15.2 Å². The number of aliphatic hydroxyl groups is 1. The third kappa shape index (κ3) is 3.58. The highest BCUT2D eigenvalue weighted by atomic mass is 16.3. The van der Waals surface area contributed by atoms with Crippen molar-refractivity contribution in [3.63, 3.8) is 0 Å². The van der Waals surface area contributed by atoms with E-state index >= 15 is 0 Å². The van der Waals surface area contributed by atoms with Crippen molar-refractivity contribution in [2.75, 3.05) is 16.8 Å². The average molecular weight is 395 g/mol. The molecule has 3 heterocycles. The second-order valence-electron chi connectivity index (χ2n) is 7.60. The first-order valence-electron chi connectivity index (χ1n) is 9.83. The fourth-order valence-electron chi connectivity index (χ4n) is 3.42. The summed E-state index contributed by atoms with van der Waals surface area (Å²) in [5.74, 6) is 0.785. The van der Waals surface area contributed by atoms with Crippen LogP contribution in [0, 0.1) is 11.3 Å². The van der Waals surface area contributed by atoms with Crippen molar-refractivity contribution < 1.29 is 9.90 Å². The van der Waals surface area contributed by atoms with Crippen LogP contribution in [0.5, 0.6) is 0 Å². The Morgan fingerprint density at radius 2 is 2.17 bits per heavy atom. The first-order valence-corrected chi connectivity index (χ1v) is 9.83. The SMILES string of the molecule is N#CCCN(c1nc(NC2CC2)n2ncc(CC3=NC(O)NC3=O)c2n1)C1CC1. The molecule has 2 aliphatic carbocycles. The number of anilines is 2. The maximum atomic E-state index is 11.9. The smallest absolute Gasteiger partial charge is 0.269 e. The zero-order chi connectivity index (χ0) is 20.0. The van der Waals surface area contributed by atoms with Crippen molar-refractivity contribution in [3.8, 4) is 6.07 Å². The van der Waals surface area contributed by atoms with Gasteiger partial charge in [0.2, 0.25) is 18.2 Å². The molecule has 2 saturated carbocycles. The molecule has 1 aliphatic heterocycles. The van der Waals surface area contributed by atoms with Crippen LogP contribution in [0.1, 0.15) is 37.7 Å². The Labute approximate surface area is 166 Å². The first kappa shape index (κ1) is 17.8. The summed E-state index contributed by atoms with van der Waals surface area (Å²) in [7, 11) is 0. The molecule has 150 valence electrons. The number of nitrogens with zero attached hydrogens (tertiary/aromatic N) is 7. The van der Waals surface area contributed by atoms with Crippen LogP contribution in [0.15, 0.2) is 11.2 Å². The van der Waals surface area contributed by atoms with Crippen molar-refractivity contribution in [2.24, 2.45) is 4.99 Å². The Morgan fingerprint density at radius 1 is 1.34 bits per heavy atom. The molecule has 1 unspecified atom stereocenters. The minimum Gasteiger partial charge on any atom is -0.355 e. The van der Waals surface area contributed by atoms with Crippen molar-refractivity contribution in [1.82, 2.24) is 24.9 Å². The van der Waals surface area contributed by atoms with Gasteiger partial charge in [0.05, 0.1) is 18.7 Å². The van der Waals surface area contributed by atoms with E-state index in [2.05, 4.69) is 31.7 Å². The molecule has 0 spiro atoms. The van der Waals surface area contributed by atoms with E-state index in [1.807, 2.05) is 0 Å². The summed E-state index contributed by atoms with van der Waals surface area (Å²) in [5, 5.41) is 28.7. The van der Waals surface area contributed by atoms with Gasteiger partial charge in [-0.15, -0.1) is 0 Å². The van der Waals surface area contributed by atoms with Crippen LogP contribution in [0.4, 0.5) is 11.9 Å². The quantitative estimate of drug-likeness (QED) is 0.565. The molecular formula is C18H21N9O2. The molecule has 11 heteroatoms. The monoisotopic (exact) mass is 395 g/mol. The Bertz CT molecular complexity index is 1030. The molecule has 3 N–H and O–H groups in total. The number of aliphatic imine (C=N–C) groups is 1. The predicted molar refractivity (Wildman–Crippen MR) is 103 cm³/mol. The zero-order valence-electron chi connectivity index (χ0n) is 15.7. The zero-order valence-corrected chi connectivity index (χ0v) is 15.7. The molecule has 0 aromatic carbocycles. The molecule has 1 amide bonds. The fourth-order valence-corrected chi connectivity index (χ4v) is 3.42. The van der Waals surface area contributed by atoms with E-state index in [1.165, 1.54) is 0 Å². The van der Waals surface area contributed by atoms with Gasteiger partial charge in [0, 0.05) is 30.6 Å². The summed E-state index contributed by atoms with van der Waals surface area (Å²) in [6.07, 6.45) is 5.37. The van der Waals surface area contributed by atoms with Gasteiger partial charge < -0.3 is 20.6 Å². The molecule has 11 nitrogen and oxygen atoms in total. The van der Waals surface area contributed by atoms with Crippen LogP contribution in [0.25, 0.3) is 5.65 Å². The van der Waals surface area contributed by atoms with Crippen molar-refractivity contribution in [3.05, 3.63) is 11.8 Å². The molecule has 2 fully saturated rings. The van der Waals surface area contributed by atoms with Crippen LogP contribution < -0.4 is 15.5 Å². The number of carbonyl (C=O) groups is 1. The fraction of sp³-hybridized carbons (Fsp3) is 0.556. The summed E-state index contributed by atoms with van der Waals surface area (Å²) in [4.78, 5) is 27.4. The summed E-state index contributed by atoms with van der Waals surface area (Å²) >= 11 is 0. The Balaban J connectivity index is 1.54. The summed E-state index contributed by atoms with van der Waals surface area (Å²) in [6.45, 7) is 0.574. The second kappa shape index (κ2) is 6.97. The molecule has 0 bridgehead atoms. The first-order chi connectivity index (χ1) is 14.1. The molecule has 3 aliphatic rings. The van der Waals surface area contributed by atoms with Crippen molar-refractivity contribution >= 4 is 29.2 Å². The summed E-state index contributed by atoms with van der Waals surface area (Å²) in [6, 6.07) is 2.92. The number of aliphatic hydroxyl groups excluding tert-OH is 1. The third-order valence-electron chi connectivity index (χ3n) is 5.21. The lowest BCUT2D eigenvalue weighted by atomic mass is 10.1. The Morgan fingerprint density at radius 3 is 2.83 bits per heavy atom. The Hall–Kier alpha value is -3.26. The number of amides is 1. The molecule has 0 saturated heterocycles. The van der Waals surface area contributed by atoms with Gasteiger partial charge in [-0.25, -0.2) is 4.99 Å². The number of rotatable bonds is 8. The van der Waals surface area contributed by atoms with Crippen LogP contribution in [0.2, 0.25) is 0 Å². The number of aromatic nitrogens is 4. The highest BCUT2D eigenvalue weighted by Crippen LogP contribution is 2.32. The van der Waals surface area contributed by atoms with Gasteiger partial charge in [0.15, 0.2) is 5.65 Å².